The first-order chi connectivity index (χ1) is 13.1. The molecule has 150 valence electrons. The molecule has 2 saturated heterocycles. The largest absolute Gasteiger partial charge is 0.375 e. The summed E-state index contributed by atoms with van der Waals surface area (Å²) >= 11 is 0. The van der Waals surface area contributed by atoms with Gasteiger partial charge in [0.1, 0.15) is 5.69 Å². The minimum absolute atomic E-state index is 0.111. The molecule has 6 heteroatoms. The lowest BCUT2D eigenvalue weighted by molar-refractivity contribution is -0.0540. The summed E-state index contributed by atoms with van der Waals surface area (Å²) in [5.74, 6) is -0.111. The van der Waals surface area contributed by atoms with Gasteiger partial charge in [-0.25, -0.2) is 4.98 Å². The molecule has 2 aliphatic rings. The number of aromatic nitrogens is 1. The molecular formula is C21H34N4O2. The van der Waals surface area contributed by atoms with Crippen LogP contribution in [0, 0.1) is 0 Å². The molecule has 3 heterocycles. The first-order valence-electron chi connectivity index (χ1n) is 10.5. The van der Waals surface area contributed by atoms with Crippen LogP contribution in [0.25, 0.3) is 0 Å². The lowest BCUT2D eigenvalue weighted by Gasteiger charge is -2.38. The number of carbonyl (C=O) groups excluding carboxylic acids is 1. The van der Waals surface area contributed by atoms with Crippen molar-refractivity contribution in [2.75, 3.05) is 37.6 Å². The summed E-state index contributed by atoms with van der Waals surface area (Å²) in [5, 5.41) is 2.78. The van der Waals surface area contributed by atoms with Crippen LogP contribution in [0.3, 0.4) is 0 Å². The first-order valence-corrected chi connectivity index (χ1v) is 10.5. The summed E-state index contributed by atoms with van der Waals surface area (Å²) in [7, 11) is 0. The van der Waals surface area contributed by atoms with Gasteiger partial charge in [-0.2, -0.15) is 0 Å². The number of anilines is 1. The summed E-state index contributed by atoms with van der Waals surface area (Å²) in [6.07, 6.45) is 7.04. The summed E-state index contributed by atoms with van der Waals surface area (Å²) < 4.78 is 6.40. The number of hydrogen-bond acceptors (Lipinski definition) is 5. The van der Waals surface area contributed by atoms with Crippen molar-refractivity contribution in [1.82, 2.24) is 15.2 Å². The van der Waals surface area contributed by atoms with Gasteiger partial charge in [-0.05, 0) is 58.6 Å². The Morgan fingerprint density at radius 2 is 1.78 bits per heavy atom. The fraction of sp³-hybridized carbons (Fsp3) is 0.714. The van der Waals surface area contributed by atoms with Crippen LogP contribution in [0.1, 0.15) is 56.9 Å². The molecule has 1 amide bonds. The van der Waals surface area contributed by atoms with Crippen LogP contribution < -0.4 is 10.2 Å². The highest BCUT2D eigenvalue weighted by Gasteiger charge is 2.26. The van der Waals surface area contributed by atoms with Crippen molar-refractivity contribution < 1.29 is 9.53 Å². The molecule has 0 aromatic carbocycles. The van der Waals surface area contributed by atoms with E-state index >= 15 is 0 Å². The fourth-order valence-electron chi connectivity index (χ4n) is 4.01. The molecule has 0 bridgehead atoms. The normalized spacial score (nSPS) is 20.2. The number of nitrogens with one attached hydrogen (secondary N) is 1. The zero-order valence-corrected chi connectivity index (χ0v) is 17.0. The Bertz CT molecular complexity index is 589. The van der Waals surface area contributed by atoms with Gasteiger partial charge in [0.15, 0.2) is 0 Å². The lowest BCUT2D eigenvalue weighted by Crippen LogP contribution is -2.43. The summed E-state index contributed by atoms with van der Waals surface area (Å²) in [6.45, 7) is 11.4. The van der Waals surface area contributed by atoms with Crippen LogP contribution in [0.4, 0.5) is 5.69 Å². The fourth-order valence-corrected chi connectivity index (χ4v) is 4.01. The molecule has 1 N–H and O–H groups in total. The Morgan fingerprint density at radius 3 is 2.30 bits per heavy atom. The monoisotopic (exact) mass is 374 g/mol. The molecule has 0 unspecified atom stereocenters. The van der Waals surface area contributed by atoms with Crippen molar-refractivity contribution in [3.05, 3.63) is 24.0 Å². The third-order valence-electron chi connectivity index (χ3n) is 5.72. The Balaban J connectivity index is 1.43. The zero-order valence-electron chi connectivity index (χ0n) is 17.0. The number of ether oxygens (including phenoxy) is 1. The van der Waals surface area contributed by atoms with Gasteiger partial charge in [-0.1, -0.05) is 0 Å². The molecule has 2 fully saturated rings. The van der Waals surface area contributed by atoms with Gasteiger partial charge in [0.25, 0.3) is 5.91 Å². The van der Waals surface area contributed by atoms with E-state index in [-0.39, 0.29) is 5.91 Å². The highest BCUT2D eigenvalue weighted by molar-refractivity contribution is 5.92. The minimum Gasteiger partial charge on any atom is -0.375 e. The molecule has 3 rings (SSSR count). The van der Waals surface area contributed by atoms with Gasteiger partial charge >= 0.3 is 0 Å². The number of likely N-dealkylation sites (tertiary alicyclic amines) is 1. The van der Waals surface area contributed by atoms with Crippen molar-refractivity contribution in [2.24, 2.45) is 0 Å². The number of carbonyl (C=O) groups is 1. The van der Waals surface area contributed by atoms with E-state index in [4.69, 9.17) is 4.74 Å². The first kappa shape index (κ1) is 20.1. The number of hydrogen-bond donors (Lipinski definition) is 1. The maximum Gasteiger partial charge on any atom is 0.269 e. The predicted octanol–water partition coefficient (Wildman–Crippen LogP) is 2.69. The van der Waals surface area contributed by atoms with E-state index < -0.39 is 0 Å². The van der Waals surface area contributed by atoms with Crippen molar-refractivity contribution >= 4 is 11.6 Å². The predicted molar refractivity (Wildman–Crippen MR) is 108 cm³/mol. The summed E-state index contributed by atoms with van der Waals surface area (Å²) in [6, 6.07) is 4.45. The highest BCUT2D eigenvalue weighted by atomic mass is 16.5. The molecule has 0 radical (unpaired) electrons. The molecule has 2 aliphatic heterocycles. The van der Waals surface area contributed by atoms with Gasteiger partial charge in [-0.15, -0.1) is 0 Å². The van der Waals surface area contributed by atoms with E-state index in [1.54, 1.807) is 0 Å². The molecule has 27 heavy (non-hydrogen) atoms. The van der Waals surface area contributed by atoms with Crippen molar-refractivity contribution in [1.29, 1.82) is 0 Å². The van der Waals surface area contributed by atoms with Crippen LogP contribution in [0.5, 0.6) is 0 Å². The standard InChI is InChI=1S/C21H34N4O2/c1-4-22-21(26)20-6-5-17(15-23-20)25-13-9-19(10-14-25)27-18-7-11-24(12-8-18)16(2)3/h5-6,15-16,18-19H,4,7-14H2,1-3H3,(H,22,26). The van der Waals surface area contributed by atoms with E-state index in [9.17, 15) is 4.79 Å². The maximum atomic E-state index is 11.8. The van der Waals surface area contributed by atoms with Gasteiger partial charge in [0, 0.05) is 38.8 Å². The van der Waals surface area contributed by atoms with E-state index in [0.717, 1.165) is 57.5 Å². The molecule has 0 atom stereocenters. The van der Waals surface area contributed by atoms with Gasteiger partial charge in [0.05, 0.1) is 24.1 Å². The Morgan fingerprint density at radius 1 is 1.15 bits per heavy atom. The second kappa shape index (κ2) is 9.51. The Kier molecular flexibility index (Phi) is 7.07. The van der Waals surface area contributed by atoms with E-state index in [1.165, 1.54) is 0 Å². The number of amides is 1. The summed E-state index contributed by atoms with van der Waals surface area (Å²) in [5.41, 5.74) is 1.57. The molecule has 0 saturated carbocycles. The second-order valence-electron chi connectivity index (χ2n) is 7.91. The lowest BCUT2D eigenvalue weighted by atomic mass is 10.0. The van der Waals surface area contributed by atoms with Gasteiger partial charge in [-0.3, -0.25) is 4.79 Å². The van der Waals surface area contributed by atoms with Gasteiger partial charge in [0.2, 0.25) is 0 Å². The van der Waals surface area contributed by atoms with E-state index in [2.05, 4.69) is 33.9 Å². The van der Waals surface area contributed by atoms with Crippen molar-refractivity contribution in [2.45, 2.75) is 64.7 Å². The van der Waals surface area contributed by atoms with E-state index in [1.807, 2.05) is 25.3 Å². The summed E-state index contributed by atoms with van der Waals surface area (Å²) in [4.78, 5) is 21.0. The maximum absolute atomic E-state index is 11.8. The molecular weight excluding hydrogens is 340 g/mol. The van der Waals surface area contributed by atoms with Crippen molar-refractivity contribution in [3.63, 3.8) is 0 Å². The molecule has 6 nitrogen and oxygen atoms in total. The smallest absolute Gasteiger partial charge is 0.269 e. The topological polar surface area (TPSA) is 57.7 Å². The van der Waals surface area contributed by atoms with Gasteiger partial charge < -0.3 is 19.9 Å². The zero-order chi connectivity index (χ0) is 19.2. The van der Waals surface area contributed by atoms with Crippen LogP contribution in [-0.2, 0) is 4.74 Å². The van der Waals surface area contributed by atoms with Crippen molar-refractivity contribution in [3.8, 4) is 0 Å². The molecule has 0 aliphatic carbocycles. The second-order valence-corrected chi connectivity index (χ2v) is 7.91. The number of piperidine rings is 2. The number of pyridine rings is 1. The van der Waals surface area contributed by atoms with Crippen LogP contribution in [0.2, 0.25) is 0 Å². The average molecular weight is 375 g/mol. The minimum atomic E-state index is -0.111. The molecule has 1 aromatic rings. The molecule has 0 spiro atoms. The SMILES string of the molecule is CCNC(=O)c1ccc(N2CCC(OC3CCN(C(C)C)CC3)CC2)cn1. The van der Waals surface area contributed by atoms with Crippen LogP contribution in [-0.4, -0.2) is 66.8 Å². The third-order valence-corrected chi connectivity index (χ3v) is 5.72. The number of rotatable bonds is 6. The average Bonchev–Trinajstić information content (AvgIpc) is 2.69. The molecule has 1 aromatic heterocycles. The quantitative estimate of drug-likeness (QED) is 0.830. The Hall–Kier alpha value is -1.66. The van der Waals surface area contributed by atoms with Crippen LogP contribution >= 0.6 is 0 Å². The third kappa shape index (κ3) is 5.42. The highest BCUT2D eigenvalue weighted by Crippen LogP contribution is 2.24. The number of nitrogens with zero attached hydrogens (tertiary/aromatic N) is 3. The Labute approximate surface area is 163 Å². The van der Waals surface area contributed by atoms with Crippen LogP contribution in [0.15, 0.2) is 18.3 Å². The van der Waals surface area contributed by atoms with E-state index in [0.29, 0.717) is 30.5 Å².